The van der Waals surface area contributed by atoms with Crippen molar-refractivity contribution in [1.82, 2.24) is 14.7 Å². The van der Waals surface area contributed by atoms with Crippen molar-refractivity contribution in [2.45, 2.75) is 13.0 Å². The zero-order chi connectivity index (χ0) is 14.5. The molecule has 0 aliphatic rings. The number of aryl methyl sites for hydroxylation is 1. The molecule has 0 aliphatic carbocycles. The fourth-order valence-corrected chi connectivity index (χ4v) is 2.18. The van der Waals surface area contributed by atoms with Crippen molar-refractivity contribution in [3.8, 4) is 0 Å². The minimum atomic E-state index is 0.115. The van der Waals surface area contributed by atoms with E-state index in [2.05, 4.69) is 23.1 Å². The maximum absolute atomic E-state index is 7.47. The predicted molar refractivity (Wildman–Crippen MR) is 80.7 cm³/mol. The van der Waals surface area contributed by atoms with Crippen LogP contribution < -0.4 is 5.73 Å². The molecule has 0 saturated carbocycles. The molecular weight excluding hydrogens is 250 g/mol. The second kappa shape index (κ2) is 6.34. The van der Waals surface area contributed by atoms with E-state index >= 15 is 0 Å². The molecule has 5 heteroatoms. The van der Waals surface area contributed by atoms with Crippen LogP contribution in [0.25, 0.3) is 0 Å². The molecule has 1 heterocycles. The Morgan fingerprint density at radius 1 is 1.40 bits per heavy atom. The molecule has 0 bridgehead atoms. The molecule has 0 saturated heterocycles. The van der Waals surface area contributed by atoms with Gasteiger partial charge in [-0.2, -0.15) is 5.10 Å². The van der Waals surface area contributed by atoms with Gasteiger partial charge in [-0.25, -0.2) is 0 Å². The van der Waals surface area contributed by atoms with Crippen LogP contribution in [-0.2, 0) is 20.0 Å². The number of nitrogens with one attached hydrogen (secondary N) is 1. The molecule has 0 aliphatic heterocycles. The Morgan fingerprint density at radius 2 is 2.20 bits per heavy atom. The lowest BCUT2D eigenvalue weighted by atomic mass is 10.1. The number of rotatable bonds is 6. The average Bonchev–Trinajstić information content (AvgIpc) is 2.82. The number of amidine groups is 1. The van der Waals surface area contributed by atoms with Crippen molar-refractivity contribution in [2.24, 2.45) is 12.8 Å². The Morgan fingerprint density at radius 3 is 2.85 bits per heavy atom. The number of benzene rings is 1. The van der Waals surface area contributed by atoms with Crippen LogP contribution in [0.15, 0.2) is 36.5 Å². The van der Waals surface area contributed by atoms with E-state index in [9.17, 15) is 0 Å². The van der Waals surface area contributed by atoms with Crippen molar-refractivity contribution in [1.29, 1.82) is 5.41 Å². The van der Waals surface area contributed by atoms with Crippen LogP contribution in [0, 0.1) is 5.41 Å². The van der Waals surface area contributed by atoms with Crippen molar-refractivity contribution in [3.63, 3.8) is 0 Å². The third kappa shape index (κ3) is 3.68. The molecule has 1 aromatic heterocycles. The number of nitrogens with zero attached hydrogens (tertiary/aromatic N) is 3. The maximum Gasteiger partial charge on any atom is 0.122 e. The second-order valence-corrected chi connectivity index (χ2v) is 5.05. The van der Waals surface area contributed by atoms with Gasteiger partial charge in [0.2, 0.25) is 0 Å². The highest BCUT2D eigenvalue weighted by atomic mass is 15.3. The molecule has 1 aromatic carbocycles. The van der Waals surface area contributed by atoms with Crippen molar-refractivity contribution in [3.05, 3.63) is 53.3 Å². The van der Waals surface area contributed by atoms with Crippen LogP contribution in [0.2, 0.25) is 0 Å². The number of hydrogen-bond donors (Lipinski definition) is 2. The topological polar surface area (TPSA) is 70.9 Å². The summed E-state index contributed by atoms with van der Waals surface area (Å²) in [4.78, 5) is 2.26. The summed E-state index contributed by atoms with van der Waals surface area (Å²) in [6, 6.07) is 9.89. The third-order valence-corrected chi connectivity index (χ3v) is 3.36. The molecular formula is C15H21N5. The zero-order valence-electron chi connectivity index (χ0n) is 12.0. The van der Waals surface area contributed by atoms with E-state index in [0.29, 0.717) is 0 Å². The smallest absolute Gasteiger partial charge is 0.122 e. The van der Waals surface area contributed by atoms with Gasteiger partial charge in [0.15, 0.2) is 0 Å². The van der Waals surface area contributed by atoms with Crippen LogP contribution in [-0.4, -0.2) is 34.1 Å². The Labute approximate surface area is 119 Å². The number of aromatic nitrogens is 2. The van der Waals surface area contributed by atoms with E-state index in [0.717, 1.165) is 25.1 Å². The fraction of sp³-hybridized carbons (Fsp3) is 0.333. The fourth-order valence-electron chi connectivity index (χ4n) is 2.18. The predicted octanol–water partition coefficient (Wildman–Crippen LogP) is 1.38. The Kier molecular flexibility index (Phi) is 4.53. The molecule has 2 aromatic rings. The van der Waals surface area contributed by atoms with Gasteiger partial charge >= 0.3 is 0 Å². The van der Waals surface area contributed by atoms with Crippen molar-refractivity contribution < 1.29 is 0 Å². The first-order valence-electron chi connectivity index (χ1n) is 6.65. The Bertz CT molecular complexity index is 587. The van der Waals surface area contributed by atoms with Gasteiger partial charge in [0.1, 0.15) is 5.84 Å². The molecule has 5 nitrogen and oxygen atoms in total. The largest absolute Gasteiger partial charge is 0.384 e. The molecule has 0 amide bonds. The lowest BCUT2D eigenvalue weighted by molar-refractivity contribution is 0.328. The first kappa shape index (κ1) is 14.3. The van der Waals surface area contributed by atoms with E-state index in [1.165, 1.54) is 11.3 Å². The molecule has 3 N–H and O–H groups in total. The summed E-state index contributed by atoms with van der Waals surface area (Å²) >= 11 is 0. The summed E-state index contributed by atoms with van der Waals surface area (Å²) < 4.78 is 1.91. The Balaban J connectivity index is 1.91. The molecule has 106 valence electrons. The first-order chi connectivity index (χ1) is 9.56. The molecule has 0 atom stereocenters. The monoisotopic (exact) mass is 271 g/mol. The molecule has 0 unspecified atom stereocenters. The molecule has 0 fully saturated rings. The zero-order valence-corrected chi connectivity index (χ0v) is 12.0. The number of hydrogen-bond acceptors (Lipinski definition) is 3. The van der Waals surface area contributed by atoms with E-state index in [1.54, 1.807) is 0 Å². The SMILES string of the molecule is CN(CCc1ccnn1C)Cc1cccc(C(=N)N)c1. The van der Waals surface area contributed by atoms with E-state index in [-0.39, 0.29) is 5.84 Å². The van der Waals surface area contributed by atoms with Gasteiger partial charge in [0.25, 0.3) is 0 Å². The normalized spacial score (nSPS) is 10.9. The van der Waals surface area contributed by atoms with Crippen LogP contribution in [0.1, 0.15) is 16.8 Å². The van der Waals surface area contributed by atoms with Crippen LogP contribution in [0.5, 0.6) is 0 Å². The second-order valence-electron chi connectivity index (χ2n) is 5.05. The van der Waals surface area contributed by atoms with Gasteiger partial charge in [-0.15, -0.1) is 0 Å². The van der Waals surface area contributed by atoms with Gasteiger partial charge in [0.05, 0.1) is 0 Å². The Hall–Kier alpha value is -2.14. The highest BCUT2D eigenvalue weighted by Crippen LogP contribution is 2.08. The molecule has 0 radical (unpaired) electrons. The van der Waals surface area contributed by atoms with Crippen LogP contribution >= 0.6 is 0 Å². The molecule has 0 spiro atoms. The van der Waals surface area contributed by atoms with Gasteiger partial charge in [0, 0.05) is 44.0 Å². The highest BCUT2D eigenvalue weighted by Gasteiger charge is 2.05. The van der Waals surface area contributed by atoms with Crippen molar-refractivity contribution >= 4 is 5.84 Å². The highest BCUT2D eigenvalue weighted by molar-refractivity contribution is 5.95. The van der Waals surface area contributed by atoms with Gasteiger partial charge in [-0.3, -0.25) is 10.1 Å². The summed E-state index contributed by atoms with van der Waals surface area (Å²) in [5, 5.41) is 11.6. The quantitative estimate of drug-likeness (QED) is 0.616. The summed E-state index contributed by atoms with van der Waals surface area (Å²) in [7, 11) is 4.06. The lowest BCUT2D eigenvalue weighted by Gasteiger charge is -2.17. The van der Waals surface area contributed by atoms with Gasteiger partial charge < -0.3 is 10.6 Å². The van der Waals surface area contributed by atoms with Crippen molar-refractivity contribution in [2.75, 3.05) is 13.6 Å². The number of nitrogens with two attached hydrogens (primary N) is 1. The average molecular weight is 271 g/mol. The molecule has 2 rings (SSSR count). The minimum Gasteiger partial charge on any atom is -0.384 e. The standard InChI is InChI=1S/C15H21N5/c1-19(9-7-14-6-8-18-20(14)2)11-12-4-3-5-13(10-12)15(16)17/h3-6,8,10H,7,9,11H2,1-2H3,(H3,16,17). The van der Waals surface area contributed by atoms with Crippen LogP contribution in [0.4, 0.5) is 0 Å². The summed E-state index contributed by atoms with van der Waals surface area (Å²) in [5.41, 5.74) is 8.70. The van der Waals surface area contributed by atoms with Crippen LogP contribution in [0.3, 0.4) is 0 Å². The minimum absolute atomic E-state index is 0.115. The van der Waals surface area contributed by atoms with E-state index in [4.69, 9.17) is 11.1 Å². The van der Waals surface area contributed by atoms with E-state index in [1.807, 2.05) is 42.2 Å². The van der Waals surface area contributed by atoms with Gasteiger partial charge in [-0.05, 0) is 24.7 Å². The first-order valence-corrected chi connectivity index (χ1v) is 6.65. The number of likely N-dealkylation sites (N-methyl/N-ethyl adjacent to an activating group) is 1. The lowest BCUT2D eigenvalue weighted by Crippen LogP contribution is -2.22. The third-order valence-electron chi connectivity index (χ3n) is 3.36. The summed E-state index contributed by atoms with van der Waals surface area (Å²) in [6.07, 6.45) is 2.80. The van der Waals surface area contributed by atoms with Gasteiger partial charge in [-0.1, -0.05) is 18.2 Å². The summed E-state index contributed by atoms with van der Waals surface area (Å²) in [5.74, 6) is 0.115. The number of nitrogen functional groups attached to an aromatic ring is 1. The van der Waals surface area contributed by atoms with E-state index < -0.39 is 0 Å². The maximum atomic E-state index is 7.47. The summed E-state index contributed by atoms with van der Waals surface area (Å²) in [6.45, 7) is 1.81. The molecule has 20 heavy (non-hydrogen) atoms.